The predicted octanol–water partition coefficient (Wildman–Crippen LogP) is 5.03. The molecule has 4 aromatic rings. The van der Waals surface area contributed by atoms with Gasteiger partial charge >= 0.3 is 0 Å². The van der Waals surface area contributed by atoms with Crippen LogP contribution in [0, 0.1) is 5.92 Å². The number of H-pyrrole nitrogens is 1. The highest BCUT2D eigenvalue weighted by molar-refractivity contribution is 6.04. The van der Waals surface area contributed by atoms with Crippen LogP contribution in [0.4, 0.5) is 5.69 Å². The van der Waals surface area contributed by atoms with E-state index >= 15 is 0 Å². The lowest BCUT2D eigenvalue weighted by Crippen LogP contribution is -2.44. The van der Waals surface area contributed by atoms with Crippen LogP contribution in [0.3, 0.4) is 0 Å². The van der Waals surface area contributed by atoms with Gasteiger partial charge in [0.05, 0.1) is 29.2 Å². The molecule has 2 aliphatic rings. The number of hydrogen-bond donors (Lipinski definition) is 1. The summed E-state index contributed by atoms with van der Waals surface area (Å²) in [7, 11) is 2.17. The first-order valence-electron chi connectivity index (χ1n) is 12.6. The second-order valence-corrected chi connectivity index (χ2v) is 9.94. The van der Waals surface area contributed by atoms with Crippen molar-refractivity contribution in [2.24, 2.45) is 5.92 Å². The third-order valence-corrected chi connectivity index (χ3v) is 7.71. The standard InChI is InChI=1S/C27H32N6O.H2/c1-31-10-12-32(13-11-31)21-15-22-23(17-29-27(22)28-16-21)20-8-9-33-25(14-20)24(18-30-33)26(34)19-6-4-2-3-5-7-19;/h8-9,14-19H,2-7,10-13H2,1H3,(H,28,29);1H. The highest BCUT2D eigenvalue weighted by Gasteiger charge is 2.24. The van der Waals surface area contributed by atoms with E-state index in [0.29, 0.717) is 0 Å². The molecule has 7 nitrogen and oxygen atoms in total. The van der Waals surface area contributed by atoms with Crippen LogP contribution in [-0.4, -0.2) is 63.5 Å². The Kier molecular flexibility index (Phi) is 5.57. The summed E-state index contributed by atoms with van der Waals surface area (Å²) in [6.07, 6.45) is 14.5. The van der Waals surface area contributed by atoms with E-state index in [0.717, 1.165) is 90.8 Å². The van der Waals surface area contributed by atoms with Gasteiger partial charge in [0.15, 0.2) is 5.78 Å². The zero-order valence-corrected chi connectivity index (χ0v) is 19.8. The van der Waals surface area contributed by atoms with E-state index in [-0.39, 0.29) is 13.1 Å². The minimum absolute atomic E-state index is 0. The molecule has 1 aliphatic heterocycles. The van der Waals surface area contributed by atoms with Crippen molar-refractivity contribution in [1.29, 1.82) is 0 Å². The molecule has 1 saturated carbocycles. The van der Waals surface area contributed by atoms with E-state index in [1.165, 1.54) is 12.8 Å². The molecular weight excluding hydrogens is 424 g/mol. The number of hydrogen-bond acceptors (Lipinski definition) is 5. The molecular formula is C27H34N6O. The van der Waals surface area contributed by atoms with Gasteiger partial charge in [0.2, 0.25) is 0 Å². The number of pyridine rings is 2. The normalized spacial score (nSPS) is 18.6. The number of likely N-dealkylation sites (N-methyl/N-ethyl adjacent to an activating group) is 1. The maximum atomic E-state index is 13.4. The number of anilines is 1. The van der Waals surface area contributed by atoms with E-state index in [1.54, 1.807) is 6.20 Å². The Morgan fingerprint density at radius 2 is 1.85 bits per heavy atom. The Bertz CT molecular complexity index is 1330. The summed E-state index contributed by atoms with van der Waals surface area (Å²) >= 11 is 0. The number of carbonyl (C=O) groups is 1. The van der Waals surface area contributed by atoms with E-state index in [1.807, 2.05) is 23.1 Å². The zero-order chi connectivity index (χ0) is 23.1. The van der Waals surface area contributed by atoms with Crippen LogP contribution >= 0.6 is 0 Å². The summed E-state index contributed by atoms with van der Waals surface area (Å²) in [6.45, 7) is 4.15. The fraction of sp³-hybridized carbons (Fsp3) is 0.444. The lowest BCUT2D eigenvalue weighted by molar-refractivity contribution is 0.0909. The first kappa shape index (κ1) is 21.4. The first-order chi connectivity index (χ1) is 16.7. The van der Waals surface area contributed by atoms with Crippen molar-refractivity contribution >= 4 is 28.0 Å². The summed E-state index contributed by atoms with van der Waals surface area (Å²) in [5.41, 5.74) is 5.88. The van der Waals surface area contributed by atoms with Crippen LogP contribution in [0.25, 0.3) is 27.7 Å². The van der Waals surface area contributed by atoms with Crippen molar-refractivity contribution < 1.29 is 6.22 Å². The molecule has 0 unspecified atom stereocenters. The van der Waals surface area contributed by atoms with Crippen molar-refractivity contribution in [3.63, 3.8) is 0 Å². The number of fused-ring (bicyclic) bond motifs is 2. The zero-order valence-electron chi connectivity index (χ0n) is 19.8. The number of carbonyl (C=O) groups excluding carboxylic acids is 1. The van der Waals surface area contributed by atoms with Gasteiger partial charge in [-0.25, -0.2) is 9.50 Å². The number of Topliss-reactive ketones (excluding diaryl/α,β-unsaturated/α-hetero) is 1. The Labute approximate surface area is 201 Å². The molecule has 7 heteroatoms. The number of piperazine rings is 1. The second-order valence-electron chi connectivity index (χ2n) is 9.94. The third kappa shape index (κ3) is 3.88. The van der Waals surface area contributed by atoms with Gasteiger partial charge in [-0.3, -0.25) is 4.79 Å². The number of aromatic nitrogens is 4. The molecule has 0 bridgehead atoms. The molecule has 4 aromatic heterocycles. The highest BCUT2D eigenvalue weighted by atomic mass is 16.1. The molecule has 6 rings (SSSR count). The van der Waals surface area contributed by atoms with Gasteiger partial charge in [0.1, 0.15) is 5.65 Å². The predicted molar refractivity (Wildman–Crippen MR) is 138 cm³/mol. The molecule has 1 N–H and O–H groups in total. The molecule has 0 radical (unpaired) electrons. The molecule has 2 fully saturated rings. The quantitative estimate of drug-likeness (QED) is 0.343. The topological polar surface area (TPSA) is 69.5 Å². The molecule has 34 heavy (non-hydrogen) atoms. The Morgan fingerprint density at radius 1 is 1.06 bits per heavy atom. The SMILES string of the molecule is CN1CCN(c2cnc3[nH]cc(-c4ccn5ncc(C(=O)C6CCCCCC6)c5c4)c3c2)CC1.[HH]. The van der Waals surface area contributed by atoms with Crippen molar-refractivity contribution in [2.45, 2.75) is 38.5 Å². The molecule has 0 aromatic carbocycles. The van der Waals surface area contributed by atoms with Crippen LogP contribution in [0.5, 0.6) is 0 Å². The Morgan fingerprint density at radius 3 is 2.65 bits per heavy atom. The number of nitrogens with zero attached hydrogens (tertiary/aromatic N) is 5. The van der Waals surface area contributed by atoms with Crippen molar-refractivity contribution in [3.8, 4) is 11.1 Å². The molecule has 0 amide bonds. The number of nitrogens with one attached hydrogen (secondary N) is 1. The van der Waals surface area contributed by atoms with Gasteiger partial charge in [-0.2, -0.15) is 5.10 Å². The molecule has 178 valence electrons. The molecule has 5 heterocycles. The van der Waals surface area contributed by atoms with Gasteiger partial charge in [0, 0.05) is 56.9 Å². The van der Waals surface area contributed by atoms with E-state index in [4.69, 9.17) is 4.98 Å². The fourth-order valence-corrected chi connectivity index (χ4v) is 5.57. The molecule has 1 aliphatic carbocycles. The maximum absolute atomic E-state index is 13.4. The summed E-state index contributed by atoms with van der Waals surface area (Å²) in [6, 6.07) is 6.44. The number of ketones is 1. The van der Waals surface area contributed by atoms with Crippen LogP contribution in [0.1, 0.15) is 50.3 Å². The summed E-state index contributed by atoms with van der Waals surface area (Å²) in [5.74, 6) is 0.384. The van der Waals surface area contributed by atoms with Gasteiger partial charge in [-0.15, -0.1) is 0 Å². The minimum atomic E-state index is 0. The average Bonchev–Trinajstić information content (AvgIpc) is 3.38. The highest BCUT2D eigenvalue weighted by Crippen LogP contribution is 2.33. The second kappa shape index (κ2) is 8.87. The first-order valence-corrected chi connectivity index (χ1v) is 12.6. The maximum Gasteiger partial charge on any atom is 0.169 e. The largest absolute Gasteiger partial charge is 0.368 e. The summed E-state index contributed by atoms with van der Waals surface area (Å²) < 4.78 is 1.83. The summed E-state index contributed by atoms with van der Waals surface area (Å²) in [5, 5.41) is 5.60. The van der Waals surface area contributed by atoms with Gasteiger partial charge in [-0.1, -0.05) is 25.7 Å². The van der Waals surface area contributed by atoms with E-state index < -0.39 is 0 Å². The van der Waals surface area contributed by atoms with Crippen molar-refractivity contribution in [3.05, 3.63) is 48.5 Å². The van der Waals surface area contributed by atoms with Crippen LogP contribution in [0.2, 0.25) is 0 Å². The van der Waals surface area contributed by atoms with Crippen LogP contribution in [-0.2, 0) is 0 Å². The molecule has 0 atom stereocenters. The Balaban J connectivity index is 0.00000253. The van der Waals surface area contributed by atoms with Gasteiger partial charge in [0.25, 0.3) is 0 Å². The lowest BCUT2D eigenvalue weighted by atomic mass is 9.91. The summed E-state index contributed by atoms with van der Waals surface area (Å²) in [4.78, 5) is 26.2. The Hall–Kier alpha value is -3.19. The average molecular weight is 459 g/mol. The monoisotopic (exact) mass is 458 g/mol. The van der Waals surface area contributed by atoms with Crippen LogP contribution < -0.4 is 4.90 Å². The number of aromatic amines is 1. The number of rotatable bonds is 4. The third-order valence-electron chi connectivity index (χ3n) is 7.71. The smallest absolute Gasteiger partial charge is 0.169 e. The molecule has 0 spiro atoms. The van der Waals surface area contributed by atoms with Crippen LogP contribution in [0.15, 0.2) is 43.0 Å². The van der Waals surface area contributed by atoms with E-state index in [9.17, 15) is 4.79 Å². The van der Waals surface area contributed by atoms with Gasteiger partial charge in [-0.05, 0) is 43.7 Å². The van der Waals surface area contributed by atoms with Gasteiger partial charge < -0.3 is 14.8 Å². The lowest BCUT2D eigenvalue weighted by Gasteiger charge is -2.33. The van der Waals surface area contributed by atoms with E-state index in [2.05, 4.69) is 45.1 Å². The molecule has 1 saturated heterocycles. The van der Waals surface area contributed by atoms with Crippen molar-refractivity contribution in [2.75, 3.05) is 38.1 Å². The minimum Gasteiger partial charge on any atom is -0.368 e. The van der Waals surface area contributed by atoms with Crippen molar-refractivity contribution in [1.82, 2.24) is 24.5 Å². The fourth-order valence-electron chi connectivity index (χ4n) is 5.57.